The average Bonchev–Trinajstić information content (AvgIpc) is 2.92. The van der Waals surface area contributed by atoms with Crippen LogP contribution in [0.2, 0.25) is 0 Å². The van der Waals surface area contributed by atoms with Crippen molar-refractivity contribution < 1.29 is 19.1 Å². The molecule has 0 bridgehead atoms. The summed E-state index contributed by atoms with van der Waals surface area (Å²) in [6, 6.07) is -0.404. The molecule has 1 N–H and O–H groups in total. The van der Waals surface area contributed by atoms with Crippen LogP contribution in [0.3, 0.4) is 0 Å². The van der Waals surface area contributed by atoms with E-state index < -0.39 is 5.54 Å². The molecule has 0 saturated carbocycles. The SMILES string of the molecule is O=C1NC2(CCOC2)C(=O)N1C1CCOC1. The van der Waals surface area contributed by atoms with Crippen molar-refractivity contribution >= 4 is 11.9 Å². The molecule has 3 aliphatic rings. The lowest BCUT2D eigenvalue weighted by Crippen LogP contribution is -2.48. The summed E-state index contributed by atoms with van der Waals surface area (Å²) in [5.41, 5.74) is -0.792. The molecular weight excluding hydrogens is 212 g/mol. The minimum atomic E-state index is -0.792. The lowest BCUT2D eigenvalue weighted by Gasteiger charge is -2.21. The number of imide groups is 1. The molecule has 3 saturated heterocycles. The number of hydrogen-bond donors (Lipinski definition) is 1. The van der Waals surface area contributed by atoms with E-state index in [1.807, 2.05) is 0 Å². The number of nitrogens with one attached hydrogen (secondary N) is 1. The number of amides is 3. The Hall–Kier alpha value is -1.14. The van der Waals surface area contributed by atoms with Crippen LogP contribution < -0.4 is 5.32 Å². The maximum atomic E-state index is 12.2. The largest absolute Gasteiger partial charge is 0.379 e. The van der Waals surface area contributed by atoms with Gasteiger partial charge in [-0.1, -0.05) is 0 Å². The fraction of sp³-hybridized carbons (Fsp3) is 0.800. The number of nitrogens with zero attached hydrogens (tertiary/aromatic N) is 1. The van der Waals surface area contributed by atoms with Gasteiger partial charge in [-0.2, -0.15) is 0 Å². The second-order valence-electron chi connectivity index (χ2n) is 4.51. The Bertz CT molecular complexity index is 332. The zero-order valence-electron chi connectivity index (χ0n) is 8.90. The van der Waals surface area contributed by atoms with Gasteiger partial charge in [0.1, 0.15) is 5.54 Å². The van der Waals surface area contributed by atoms with Gasteiger partial charge in [0.25, 0.3) is 5.91 Å². The summed E-state index contributed by atoms with van der Waals surface area (Å²) < 4.78 is 10.4. The van der Waals surface area contributed by atoms with Gasteiger partial charge in [-0.25, -0.2) is 4.79 Å². The Morgan fingerprint density at radius 3 is 2.81 bits per heavy atom. The van der Waals surface area contributed by atoms with Crippen LogP contribution in [0.1, 0.15) is 12.8 Å². The van der Waals surface area contributed by atoms with Crippen molar-refractivity contribution in [1.29, 1.82) is 0 Å². The van der Waals surface area contributed by atoms with Gasteiger partial charge in [-0.05, 0) is 6.42 Å². The van der Waals surface area contributed by atoms with Crippen LogP contribution in [0.4, 0.5) is 4.79 Å². The summed E-state index contributed by atoms with van der Waals surface area (Å²) in [6.07, 6.45) is 1.30. The maximum Gasteiger partial charge on any atom is 0.325 e. The second-order valence-corrected chi connectivity index (χ2v) is 4.51. The van der Waals surface area contributed by atoms with E-state index in [4.69, 9.17) is 9.47 Å². The summed E-state index contributed by atoms with van der Waals surface area (Å²) in [5, 5.41) is 2.76. The highest BCUT2D eigenvalue weighted by atomic mass is 16.5. The van der Waals surface area contributed by atoms with E-state index in [9.17, 15) is 9.59 Å². The van der Waals surface area contributed by atoms with Crippen molar-refractivity contribution in [3.63, 3.8) is 0 Å². The third-order valence-electron chi connectivity index (χ3n) is 3.49. The zero-order chi connectivity index (χ0) is 11.2. The van der Waals surface area contributed by atoms with E-state index in [2.05, 4.69) is 5.32 Å². The second kappa shape index (κ2) is 3.43. The van der Waals surface area contributed by atoms with Crippen LogP contribution in [-0.4, -0.2) is 54.8 Å². The van der Waals surface area contributed by atoms with Crippen molar-refractivity contribution in [2.45, 2.75) is 24.4 Å². The highest BCUT2D eigenvalue weighted by Crippen LogP contribution is 2.29. The molecule has 2 unspecified atom stereocenters. The van der Waals surface area contributed by atoms with Crippen molar-refractivity contribution in [3.8, 4) is 0 Å². The summed E-state index contributed by atoms with van der Waals surface area (Å²) in [5.74, 6) is -0.148. The molecule has 88 valence electrons. The fourth-order valence-electron chi connectivity index (χ4n) is 2.53. The van der Waals surface area contributed by atoms with Crippen molar-refractivity contribution in [2.24, 2.45) is 0 Å². The number of rotatable bonds is 1. The number of hydrogen-bond acceptors (Lipinski definition) is 4. The third kappa shape index (κ3) is 1.26. The number of ether oxygens (including phenoxy) is 2. The minimum Gasteiger partial charge on any atom is -0.379 e. The molecule has 3 heterocycles. The first kappa shape index (κ1) is 10.0. The van der Waals surface area contributed by atoms with Gasteiger partial charge in [0.05, 0.1) is 19.3 Å². The van der Waals surface area contributed by atoms with Crippen LogP contribution in [-0.2, 0) is 14.3 Å². The number of carbonyl (C=O) groups is 2. The summed E-state index contributed by atoms with van der Waals surface area (Å²) in [6.45, 7) is 1.89. The summed E-state index contributed by atoms with van der Waals surface area (Å²) in [4.78, 5) is 25.4. The maximum absolute atomic E-state index is 12.2. The first-order valence-electron chi connectivity index (χ1n) is 5.54. The van der Waals surface area contributed by atoms with Crippen LogP contribution in [0.5, 0.6) is 0 Å². The predicted octanol–water partition coefficient (Wildman–Crippen LogP) is -0.514. The molecule has 16 heavy (non-hydrogen) atoms. The fourth-order valence-corrected chi connectivity index (χ4v) is 2.53. The Morgan fingerprint density at radius 2 is 2.19 bits per heavy atom. The van der Waals surface area contributed by atoms with E-state index in [1.54, 1.807) is 0 Å². The molecule has 3 fully saturated rings. The summed E-state index contributed by atoms with van der Waals surface area (Å²) in [7, 11) is 0. The van der Waals surface area contributed by atoms with Gasteiger partial charge in [-0.15, -0.1) is 0 Å². The molecule has 3 amide bonds. The standard InChI is InChI=1S/C10H14N2O4/c13-8-10(2-4-16-6-10)11-9(14)12(8)7-1-3-15-5-7/h7H,1-6H2,(H,11,14). The van der Waals surface area contributed by atoms with Crippen molar-refractivity contribution in [2.75, 3.05) is 26.4 Å². The van der Waals surface area contributed by atoms with E-state index >= 15 is 0 Å². The van der Waals surface area contributed by atoms with Crippen LogP contribution in [0, 0.1) is 0 Å². The molecule has 0 aliphatic carbocycles. The molecule has 2 atom stereocenters. The highest BCUT2D eigenvalue weighted by molar-refractivity contribution is 6.07. The quantitative estimate of drug-likeness (QED) is 0.611. The Balaban J connectivity index is 1.84. The van der Waals surface area contributed by atoms with Crippen LogP contribution >= 0.6 is 0 Å². The zero-order valence-corrected chi connectivity index (χ0v) is 8.90. The van der Waals surface area contributed by atoms with E-state index in [-0.39, 0.29) is 18.0 Å². The number of carbonyl (C=O) groups excluding carboxylic acids is 2. The average molecular weight is 226 g/mol. The smallest absolute Gasteiger partial charge is 0.325 e. The molecule has 0 aromatic heterocycles. The summed E-state index contributed by atoms with van der Waals surface area (Å²) >= 11 is 0. The molecule has 0 radical (unpaired) electrons. The van der Waals surface area contributed by atoms with Crippen LogP contribution in [0.25, 0.3) is 0 Å². The molecule has 1 spiro atoms. The Kier molecular flexibility index (Phi) is 2.15. The molecule has 6 nitrogen and oxygen atoms in total. The monoisotopic (exact) mass is 226 g/mol. The van der Waals surface area contributed by atoms with Gasteiger partial charge in [-0.3, -0.25) is 9.69 Å². The minimum absolute atomic E-state index is 0.104. The Morgan fingerprint density at radius 1 is 1.31 bits per heavy atom. The van der Waals surface area contributed by atoms with Gasteiger partial charge < -0.3 is 14.8 Å². The molecular formula is C10H14N2O4. The molecule has 3 rings (SSSR count). The molecule has 3 aliphatic heterocycles. The van der Waals surface area contributed by atoms with Gasteiger partial charge in [0, 0.05) is 19.6 Å². The van der Waals surface area contributed by atoms with Crippen molar-refractivity contribution in [1.82, 2.24) is 10.2 Å². The number of urea groups is 1. The first-order chi connectivity index (χ1) is 7.73. The van der Waals surface area contributed by atoms with Gasteiger partial charge >= 0.3 is 6.03 Å². The van der Waals surface area contributed by atoms with E-state index in [1.165, 1.54) is 4.90 Å². The van der Waals surface area contributed by atoms with Crippen LogP contribution in [0.15, 0.2) is 0 Å². The van der Waals surface area contributed by atoms with E-state index in [0.717, 1.165) is 6.42 Å². The first-order valence-corrected chi connectivity index (χ1v) is 5.54. The molecule has 6 heteroatoms. The topological polar surface area (TPSA) is 67.9 Å². The highest BCUT2D eigenvalue weighted by Gasteiger charge is 2.55. The lowest BCUT2D eigenvalue weighted by atomic mass is 9.99. The lowest BCUT2D eigenvalue weighted by molar-refractivity contribution is -0.132. The van der Waals surface area contributed by atoms with Gasteiger partial charge in [0.15, 0.2) is 0 Å². The van der Waals surface area contributed by atoms with Gasteiger partial charge in [0.2, 0.25) is 0 Å². The van der Waals surface area contributed by atoms with E-state index in [0.29, 0.717) is 32.8 Å². The molecule has 0 aromatic carbocycles. The molecule has 0 aromatic rings. The van der Waals surface area contributed by atoms with Crippen molar-refractivity contribution in [3.05, 3.63) is 0 Å². The Labute approximate surface area is 92.9 Å². The third-order valence-corrected chi connectivity index (χ3v) is 3.49. The predicted molar refractivity (Wildman–Crippen MR) is 52.8 cm³/mol. The normalized spacial score (nSPS) is 38.8.